The van der Waals surface area contributed by atoms with Crippen LogP contribution in [0.5, 0.6) is 0 Å². The van der Waals surface area contributed by atoms with Gasteiger partial charge in [0.15, 0.2) is 6.29 Å². The van der Waals surface area contributed by atoms with Crippen molar-refractivity contribution < 1.29 is 14.3 Å². The van der Waals surface area contributed by atoms with Gasteiger partial charge in [0.25, 0.3) is 5.91 Å². The van der Waals surface area contributed by atoms with Crippen LogP contribution in [0.25, 0.3) is 10.9 Å². The summed E-state index contributed by atoms with van der Waals surface area (Å²) in [6.07, 6.45) is -0.426. The third kappa shape index (κ3) is 4.24. The number of hydrogen-bond donors (Lipinski definition) is 1. The van der Waals surface area contributed by atoms with E-state index in [2.05, 4.69) is 10.3 Å². The fraction of sp³-hybridized carbons (Fsp3) is 0.375. The van der Waals surface area contributed by atoms with Crippen molar-refractivity contribution in [2.24, 2.45) is 0 Å². The summed E-state index contributed by atoms with van der Waals surface area (Å²) in [4.78, 5) is 16.5. The van der Waals surface area contributed by atoms with Crippen molar-refractivity contribution in [1.82, 2.24) is 10.3 Å². The van der Waals surface area contributed by atoms with E-state index in [9.17, 15) is 4.79 Å². The molecule has 1 aromatic carbocycles. The van der Waals surface area contributed by atoms with Crippen LogP contribution < -0.4 is 5.32 Å². The molecule has 0 atom stereocenters. The lowest BCUT2D eigenvalue weighted by Gasteiger charge is -2.17. The first kappa shape index (κ1) is 15.4. The predicted molar refractivity (Wildman–Crippen MR) is 81.1 cm³/mol. The van der Waals surface area contributed by atoms with Crippen LogP contribution in [-0.4, -0.2) is 36.9 Å². The number of fused-ring (bicyclic) bond motifs is 1. The first-order valence-corrected chi connectivity index (χ1v) is 7.11. The van der Waals surface area contributed by atoms with Crippen molar-refractivity contribution in [2.75, 3.05) is 19.8 Å². The summed E-state index contributed by atoms with van der Waals surface area (Å²) < 4.78 is 10.8. The van der Waals surface area contributed by atoms with Gasteiger partial charge in [0.2, 0.25) is 0 Å². The molecule has 0 radical (unpaired) electrons. The van der Waals surface area contributed by atoms with Crippen LogP contribution in [0.1, 0.15) is 24.3 Å². The molecule has 0 unspecified atom stereocenters. The first-order valence-electron chi connectivity index (χ1n) is 7.11. The smallest absolute Gasteiger partial charge is 0.270 e. The number of rotatable bonds is 7. The number of amides is 1. The fourth-order valence-corrected chi connectivity index (χ4v) is 2.00. The summed E-state index contributed by atoms with van der Waals surface area (Å²) in [5.41, 5.74) is 1.19. The van der Waals surface area contributed by atoms with Crippen LogP contribution >= 0.6 is 0 Å². The lowest BCUT2D eigenvalue weighted by atomic mass is 10.2. The Morgan fingerprint density at radius 2 is 1.86 bits per heavy atom. The zero-order valence-electron chi connectivity index (χ0n) is 12.3. The fourth-order valence-electron chi connectivity index (χ4n) is 2.00. The summed E-state index contributed by atoms with van der Waals surface area (Å²) in [6, 6.07) is 11.3. The molecule has 2 rings (SSSR count). The van der Waals surface area contributed by atoms with E-state index in [0.717, 1.165) is 10.9 Å². The van der Waals surface area contributed by atoms with E-state index in [0.29, 0.717) is 25.5 Å². The quantitative estimate of drug-likeness (QED) is 0.795. The van der Waals surface area contributed by atoms with Gasteiger partial charge in [0.05, 0.1) is 12.1 Å². The summed E-state index contributed by atoms with van der Waals surface area (Å²) in [5.74, 6) is -0.231. The lowest BCUT2D eigenvalue weighted by Crippen LogP contribution is -2.35. The zero-order valence-corrected chi connectivity index (χ0v) is 12.3. The third-order valence-corrected chi connectivity index (χ3v) is 2.97. The number of ether oxygens (including phenoxy) is 2. The number of pyridine rings is 1. The van der Waals surface area contributed by atoms with Crippen LogP contribution in [0, 0.1) is 0 Å². The topological polar surface area (TPSA) is 60.5 Å². The number of carbonyl (C=O) groups is 1. The number of para-hydroxylation sites is 1. The SMILES string of the molecule is CCOC(CNC(=O)c1ccc2ccccc2n1)OCC. The molecule has 0 bridgehead atoms. The molecule has 0 aliphatic carbocycles. The molecule has 21 heavy (non-hydrogen) atoms. The van der Waals surface area contributed by atoms with Gasteiger partial charge in [-0.3, -0.25) is 4.79 Å². The molecule has 5 nitrogen and oxygen atoms in total. The van der Waals surface area contributed by atoms with E-state index in [1.807, 2.05) is 44.2 Å². The van der Waals surface area contributed by atoms with Gasteiger partial charge in [0, 0.05) is 18.6 Å². The Balaban J connectivity index is 2.01. The van der Waals surface area contributed by atoms with Crippen LogP contribution in [-0.2, 0) is 9.47 Å². The Bertz CT molecular complexity index is 595. The molecule has 5 heteroatoms. The van der Waals surface area contributed by atoms with Gasteiger partial charge in [-0.1, -0.05) is 24.3 Å². The van der Waals surface area contributed by atoms with E-state index < -0.39 is 6.29 Å². The molecular formula is C16H20N2O3. The minimum atomic E-state index is -0.426. The molecule has 0 spiro atoms. The van der Waals surface area contributed by atoms with Gasteiger partial charge >= 0.3 is 0 Å². The molecule has 0 aliphatic heterocycles. The Hall–Kier alpha value is -1.98. The maximum atomic E-state index is 12.1. The Morgan fingerprint density at radius 1 is 1.14 bits per heavy atom. The molecule has 1 N–H and O–H groups in total. The van der Waals surface area contributed by atoms with Gasteiger partial charge < -0.3 is 14.8 Å². The summed E-state index contributed by atoms with van der Waals surface area (Å²) in [7, 11) is 0. The van der Waals surface area contributed by atoms with Crippen molar-refractivity contribution in [2.45, 2.75) is 20.1 Å². The first-order chi connectivity index (χ1) is 10.2. The number of nitrogens with zero attached hydrogens (tertiary/aromatic N) is 1. The largest absolute Gasteiger partial charge is 0.351 e. The van der Waals surface area contributed by atoms with Gasteiger partial charge in [-0.15, -0.1) is 0 Å². The van der Waals surface area contributed by atoms with Crippen molar-refractivity contribution >= 4 is 16.8 Å². The van der Waals surface area contributed by atoms with E-state index in [-0.39, 0.29) is 5.91 Å². The van der Waals surface area contributed by atoms with Gasteiger partial charge in [-0.25, -0.2) is 4.98 Å². The highest BCUT2D eigenvalue weighted by atomic mass is 16.7. The zero-order chi connectivity index (χ0) is 15.1. The maximum absolute atomic E-state index is 12.1. The summed E-state index contributed by atoms with van der Waals surface area (Å²) in [5, 5.41) is 3.79. The van der Waals surface area contributed by atoms with Gasteiger partial charge in [0.1, 0.15) is 5.69 Å². The normalized spacial score (nSPS) is 11.0. The van der Waals surface area contributed by atoms with E-state index in [4.69, 9.17) is 9.47 Å². The van der Waals surface area contributed by atoms with Crippen LogP contribution in [0.2, 0.25) is 0 Å². The van der Waals surface area contributed by atoms with Crippen molar-refractivity contribution in [3.05, 3.63) is 42.1 Å². The highest BCUT2D eigenvalue weighted by molar-refractivity contribution is 5.94. The van der Waals surface area contributed by atoms with Gasteiger partial charge in [-0.2, -0.15) is 0 Å². The molecule has 0 saturated heterocycles. The van der Waals surface area contributed by atoms with Crippen molar-refractivity contribution in [3.8, 4) is 0 Å². The van der Waals surface area contributed by atoms with E-state index >= 15 is 0 Å². The van der Waals surface area contributed by atoms with Gasteiger partial charge in [-0.05, 0) is 26.0 Å². The predicted octanol–water partition coefficient (Wildman–Crippen LogP) is 2.36. The molecule has 2 aromatic rings. The molecule has 0 saturated carbocycles. The van der Waals surface area contributed by atoms with Crippen molar-refractivity contribution in [3.63, 3.8) is 0 Å². The number of nitrogens with one attached hydrogen (secondary N) is 1. The summed E-state index contributed by atoms with van der Waals surface area (Å²) in [6.45, 7) is 5.15. The third-order valence-electron chi connectivity index (χ3n) is 2.97. The molecule has 0 aliphatic rings. The second-order valence-electron chi connectivity index (χ2n) is 4.44. The number of benzene rings is 1. The molecule has 112 valence electrons. The average Bonchev–Trinajstić information content (AvgIpc) is 2.52. The number of aromatic nitrogens is 1. The van der Waals surface area contributed by atoms with Crippen LogP contribution in [0.3, 0.4) is 0 Å². The highest BCUT2D eigenvalue weighted by Crippen LogP contribution is 2.11. The maximum Gasteiger partial charge on any atom is 0.270 e. The second kappa shape index (κ2) is 7.71. The monoisotopic (exact) mass is 288 g/mol. The Labute approximate surface area is 124 Å². The lowest BCUT2D eigenvalue weighted by molar-refractivity contribution is -0.131. The standard InChI is InChI=1S/C16H20N2O3/c1-3-20-15(21-4-2)11-17-16(19)14-10-9-12-7-5-6-8-13(12)18-14/h5-10,15H,3-4,11H2,1-2H3,(H,17,19). The van der Waals surface area contributed by atoms with Crippen LogP contribution in [0.15, 0.2) is 36.4 Å². The van der Waals surface area contributed by atoms with Crippen molar-refractivity contribution in [1.29, 1.82) is 0 Å². The van der Waals surface area contributed by atoms with Crippen LogP contribution in [0.4, 0.5) is 0 Å². The second-order valence-corrected chi connectivity index (χ2v) is 4.44. The summed E-state index contributed by atoms with van der Waals surface area (Å²) >= 11 is 0. The average molecular weight is 288 g/mol. The highest BCUT2D eigenvalue weighted by Gasteiger charge is 2.12. The minimum Gasteiger partial charge on any atom is -0.351 e. The minimum absolute atomic E-state index is 0.231. The molecule has 0 fully saturated rings. The molecule has 1 amide bonds. The van der Waals surface area contributed by atoms with E-state index in [1.54, 1.807) is 6.07 Å². The molecular weight excluding hydrogens is 268 g/mol. The number of carbonyl (C=O) groups excluding carboxylic acids is 1. The Morgan fingerprint density at radius 3 is 2.57 bits per heavy atom. The Kier molecular flexibility index (Phi) is 5.66. The molecule has 1 heterocycles. The van der Waals surface area contributed by atoms with E-state index in [1.165, 1.54) is 0 Å². The number of hydrogen-bond acceptors (Lipinski definition) is 4. The molecule has 1 aromatic heterocycles.